The van der Waals surface area contributed by atoms with E-state index in [4.69, 9.17) is 4.42 Å². The molecule has 0 aromatic carbocycles. The van der Waals surface area contributed by atoms with Gasteiger partial charge in [0, 0.05) is 30.3 Å². The van der Waals surface area contributed by atoms with Gasteiger partial charge in [-0.05, 0) is 43.9 Å². The van der Waals surface area contributed by atoms with Crippen molar-refractivity contribution < 1.29 is 4.42 Å². The van der Waals surface area contributed by atoms with Crippen molar-refractivity contribution in [1.82, 2.24) is 10.3 Å². The standard InChI is InChI=1S/C16H20N2O2/c1-11(10-12-4-3-9-20-12)17-14-5-2-6-15-13(14)7-8-16(19)18-15/h3-4,7-9,11,14,17H,2,5-6,10H2,1H3,(H,18,19). The third-order valence-corrected chi connectivity index (χ3v) is 3.90. The van der Waals surface area contributed by atoms with Crippen LogP contribution in [0.5, 0.6) is 0 Å². The third-order valence-electron chi connectivity index (χ3n) is 3.90. The molecule has 0 amide bonds. The molecule has 0 saturated carbocycles. The quantitative estimate of drug-likeness (QED) is 0.899. The molecule has 2 aromatic rings. The van der Waals surface area contributed by atoms with E-state index in [2.05, 4.69) is 17.2 Å². The van der Waals surface area contributed by atoms with Crippen LogP contribution in [0, 0.1) is 0 Å². The molecule has 1 aliphatic carbocycles. The number of nitrogens with one attached hydrogen (secondary N) is 2. The van der Waals surface area contributed by atoms with Crippen LogP contribution in [-0.4, -0.2) is 11.0 Å². The second-order valence-corrected chi connectivity index (χ2v) is 5.55. The molecule has 0 radical (unpaired) electrons. The molecule has 4 nitrogen and oxygen atoms in total. The molecule has 2 heterocycles. The lowest BCUT2D eigenvalue weighted by Gasteiger charge is -2.28. The first-order valence-electron chi connectivity index (χ1n) is 7.23. The van der Waals surface area contributed by atoms with Gasteiger partial charge in [-0.1, -0.05) is 6.07 Å². The predicted octanol–water partition coefficient (Wildman–Crippen LogP) is 2.57. The molecule has 2 unspecified atom stereocenters. The zero-order chi connectivity index (χ0) is 13.9. The highest BCUT2D eigenvalue weighted by atomic mass is 16.3. The van der Waals surface area contributed by atoms with E-state index in [9.17, 15) is 4.79 Å². The first kappa shape index (κ1) is 13.2. The van der Waals surface area contributed by atoms with Crippen molar-refractivity contribution >= 4 is 0 Å². The average molecular weight is 272 g/mol. The van der Waals surface area contributed by atoms with E-state index < -0.39 is 0 Å². The summed E-state index contributed by atoms with van der Waals surface area (Å²) in [6.07, 6.45) is 5.78. The molecule has 2 N–H and O–H groups in total. The van der Waals surface area contributed by atoms with E-state index in [0.717, 1.165) is 37.1 Å². The summed E-state index contributed by atoms with van der Waals surface area (Å²) in [5.74, 6) is 1.00. The van der Waals surface area contributed by atoms with Gasteiger partial charge in [-0.15, -0.1) is 0 Å². The van der Waals surface area contributed by atoms with Crippen molar-refractivity contribution in [3.63, 3.8) is 0 Å². The molecular weight excluding hydrogens is 252 g/mol. The maximum atomic E-state index is 11.4. The molecule has 0 bridgehead atoms. The van der Waals surface area contributed by atoms with Gasteiger partial charge in [0.05, 0.1) is 6.26 Å². The zero-order valence-electron chi connectivity index (χ0n) is 11.7. The first-order chi connectivity index (χ1) is 9.72. The maximum Gasteiger partial charge on any atom is 0.248 e. The minimum absolute atomic E-state index is 0.00645. The normalized spacial score (nSPS) is 19.6. The fourth-order valence-electron chi connectivity index (χ4n) is 3.01. The van der Waals surface area contributed by atoms with E-state index in [1.165, 1.54) is 5.56 Å². The Bertz CT molecular complexity index is 616. The second-order valence-electron chi connectivity index (χ2n) is 5.55. The number of furan rings is 1. The number of pyridine rings is 1. The monoisotopic (exact) mass is 272 g/mol. The van der Waals surface area contributed by atoms with Gasteiger partial charge in [0.25, 0.3) is 0 Å². The Morgan fingerprint density at radius 2 is 2.35 bits per heavy atom. The number of hydrogen-bond acceptors (Lipinski definition) is 3. The molecule has 1 aliphatic rings. The molecule has 0 fully saturated rings. The molecule has 4 heteroatoms. The fraction of sp³-hybridized carbons (Fsp3) is 0.438. The molecule has 3 rings (SSSR count). The number of H-pyrrole nitrogens is 1. The van der Waals surface area contributed by atoms with E-state index >= 15 is 0 Å². The van der Waals surface area contributed by atoms with Crippen LogP contribution in [0.1, 0.15) is 42.8 Å². The number of rotatable bonds is 4. The Labute approximate surface area is 118 Å². The summed E-state index contributed by atoms with van der Waals surface area (Å²) in [6, 6.07) is 8.16. The van der Waals surface area contributed by atoms with Crippen molar-refractivity contribution in [1.29, 1.82) is 0 Å². The van der Waals surface area contributed by atoms with Gasteiger partial charge in [-0.3, -0.25) is 4.79 Å². The number of aromatic nitrogens is 1. The molecule has 0 spiro atoms. The topological polar surface area (TPSA) is 58.0 Å². The van der Waals surface area contributed by atoms with Crippen molar-refractivity contribution in [2.75, 3.05) is 0 Å². The van der Waals surface area contributed by atoms with Crippen LogP contribution in [0.4, 0.5) is 0 Å². The molecular formula is C16H20N2O2. The number of hydrogen-bond donors (Lipinski definition) is 2. The zero-order valence-corrected chi connectivity index (χ0v) is 11.7. The summed E-state index contributed by atoms with van der Waals surface area (Å²) in [6.45, 7) is 2.17. The van der Waals surface area contributed by atoms with Crippen LogP contribution >= 0.6 is 0 Å². The summed E-state index contributed by atoms with van der Waals surface area (Å²) in [4.78, 5) is 14.4. The number of aryl methyl sites for hydroxylation is 1. The van der Waals surface area contributed by atoms with Crippen molar-refractivity contribution in [2.45, 2.75) is 44.7 Å². The van der Waals surface area contributed by atoms with E-state index in [1.807, 2.05) is 18.2 Å². The Kier molecular flexibility index (Phi) is 3.74. The largest absolute Gasteiger partial charge is 0.469 e. The highest BCUT2D eigenvalue weighted by molar-refractivity contribution is 5.26. The molecule has 2 atom stereocenters. The van der Waals surface area contributed by atoms with Gasteiger partial charge >= 0.3 is 0 Å². The molecule has 0 saturated heterocycles. The second kappa shape index (κ2) is 5.67. The Morgan fingerprint density at radius 3 is 3.15 bits per heavy atom. The fourth-order valence-corrected chi connectivity index (χ4v) is 3.01. The molecule has 2 aromatic heterocycles. The number of aromatic amines is 1. The Morgan fingerprint density at radius 1 is 1.45 bits per heavy atom. The van der Waals surface area contributed by atoms with Gasteiger partial charge in [-0.2, -0.15) is 0 Å². The maximum absolute atomic E-state index is 11.4. The van der Waals surface area contributed by atoms with Crippen molar-refractivity contribution in [2.24, 2.45) is 0 Å². The van der Waals surface area contributed by atoms with Crippen molar-refractivity contribution in [3.05, 3.63) is 57.9 Å². The Balaban J connectivity index is 1.71. The van der Waals surface area contributed by atoms with Gasteiger partial charge in [0.15, 0.2) is 0 Å². The predicted molar refractivity (Wildman–Crippen MR) is 77.8 cm³/mol. The van der Waals surface area contributed by atoms with Crippen LogP contribution in [-0.2, 0) is 12.8 Å². The lowest BCUT2D eigenvalue weighted by molar-refractivity contribution is 0.384. The van der Waals surface area contributed by atoms with Crippen LogP contribution in [0.3, 0.4) is 0 Å². The van der Waals surface area contributed by atoms with Crippen LogP contribution in [0.2, 0.25) is 0 Å². The highest BCUT2D eigenvalue weighted by Gasteiger charge is 2.22. The smallest absolute Gasteiger partial charge is 0.248 e. The van der Waals surface area contributed by atoms with Crippen LogP contribution < -0.4 is 10.9 Å². The SMILES string of the molecule is CC(Cc1ccco1)NC1CCCc2[nH]c(=O)ccc21. The Hall–Kier alpha value is -1.81. The minimum atomic E-state index is -0.00645. The summed E-state index contributed by atoms with van der Waals surface area (Å²) in [5.41, 5.74) is 2.32. The van der Waals surface area contributed by atoms with Crippen LogP contribution in [0.15, 0.2) is 39.7 Å². The van der Waals surface area contributed by atoms with Gasteiger partial charge < -0.3 is 14.7 Å². The summed E-state index contributed by atoms with van der Waals surface area (Å²) < 4.78 is 5.39. The van der Waals surface area contributed by atoms with Gasteiger partial charge in [0.1, 0.15) is 5.76 Å². The minimum Gasteiger partial charge on any atom is -0.469 e. The van der Waals surface area contributed by atoms with Gasteiger partial charge in [-0.25, -0.2) is 0 Å². The van der Waals surface area contributed by atoms with E-state index in [0.29, 0.717) is 12.1 Å². The summed E-state index contributed by atoms with van der Waals surface area (Å²) >= 11 is 0. The van der Waals surface area contributed by atoms with Crippen LogP contribution in [0.25, 0.3) is 0 Å². The highest BCUT2D eigenvalue weighted by Crippen LogP contribution is 2.28. The lowest BCUT2D eigenvalue weighted by Crippen LogP contribution is -2.34. The third kappa shape index (κ3) is 2.85. The van der Waals surface area contributed by atoms with Gasteiger partial charge in [0.2, 0.25) is 5.56 Å². The molecule has 20 heavy (non-hydrogen) atoms. The summed E-state index contributed by atoms with van der Waals surface area (Å²) in [7, 11) is 0. The first-order valence-corrected chi connectivity index (χ1v) is 7.23. The van der Waals surface area contributed by atoms with Crippen molar-refractivity contribution in [3.8, 4) is 0 Å². The molecule has 106 valence electrons. The average Bonchev–Trinajstić information content (AvgIpc) is 2.91. The van der Waals surface area contributed by atoms with E-state index in [-0.39, 0.29) is 5.56 Å². The summed E-state index contributed by atoms with van der Waals surface area (Å²) in [5, 5.41) is 3.65. The number of fused-ring (bicyclic) bond motifs is 1. The lowest BCUT2D eigenvalue weighted by atomic mass is 9.90. The molecule has 0 aliphatic heterocycles. The van der Waals surface area contributed by atoms with E-state index in [1.54, 1.807) is 12.3 Å².